The molecule has 1 atom stereocenters. The average molecular weight is 538 g/mol. The molecular formula is C22H24ClF3NO7P. The Balaban J connectivity index is 2.41. The van der Waals surface area contributed by atoms with E-state index in [1.807, 2.05) is 0 Å². The van der Waals surface area contributed by atoms with Gasteiger partial charge in [-0.15, -0.1) is 0 Å². The number of rotatable bonds is 9. The molecule has 2 aromatic rings. The quantitative estimate of drug-likeness (QED) is 0.112. The Labute approximate surface area is 204 Å². The molecule has 2 rings (SSSR count). The van der Waals surface area contributed by atoms with Crippen molar-refractivity contribution in [2.75, 3.05) is 13.0 Å². The number of nitro groups is 1. The van der Waals surface area contributed by atoms with E-state index in [1.165, 1.54) is 6.07 Å². The largest absolute Gasteiger partial charge is 0.456 e. The van der Waals surface area contributed by atoms with Crippen LogP contribution in [-0.4, -0.2) is 23.8 Å². The molecule has 0 aromatic heterocycles. The predicted octanol–water partition coefficient (Wildman–Crippen LogP) is 6.94. The summed E-state index contributed by atoms with van der Waals surface area (Å²) in [5, 5.41) is 11.0. The molecule has 0 spiro atoms. The third-order valence-corrected chi connectivity index (χ3v) is 7.53. The lowest BCUT2D eigenvalue weighted by Gasteiger charge is -2.21. The minimum atomic E-state index is -4.61. The van der Waals surface area contributed by atoms with Crippen LogP contribution >= 0.6 is 19.0 Å². The lowest BCUT2D eigenvalue weighted by Crippen LogP contribution is -2.24. The molecule has 0 amide bonds. The molecule has 0 saturated carbocycles. The second-order valence-electron chi connectivity index (χ2n) is 8.48. The van der Waals surface area contributed by atoms with Gasteiger partial charge in [-0.25, -0.2) is 0 Å². The van der Waals surface area contributed by atoms with Gasteiger partial charge in [0.2, 0.25) is 7.37 Å². The number of esters is 1. The molecule has 0 aliphatic carbocycles. The van der Waals surface area contributed by atoms with Gasteiger partial charge >= 0.3 is 12.1 Å². The van der Waals surface area contributed by atoms with Crippen LogP contribution in [0, 0.1) is 15.5 Å². The zero-order valence-corrected chi connectivity index (χ0v) is 21.0. The van der Waals surface area contributed by atoms with Crippen LogP contribution in [0.3, 0.4) is 0 Å². The van der Waals surface area contributed by atoms with E-state index in [9.17, 15) is 32.6 Å². The van der Waals surface area contributed by atoms with Crippen molar-refractivity contribution in [3.63, 3.8) is 0 Å². The van der Waals surface area contributed by atoms with E-state index in [4.69, 9.17) is 25.6 Å². The van der Waals surface area contributed by atoms with Crippen molar-refractivity contribution in [1.29, 1.82) is 0 Å². The molecule has 0 radical (unpaired) electrons. The van der Waals surface area contributed by atoms with E-state index >= 15 is 0 Å². The van der Waals surface area contributed by atoms with Gasteiger partial charge in [0.1, 0.15) is 16.8 Å². The van der Waals surface area contributed by atoms with Crippen LogP contribution in [0.4, 0.5) is 18.9 Å². The minimum Gasteiger partial charge on any atom is -0.456 e. The second-order valence-corrected chi connectivity index (χ2v) is 11.4. The highest BCUT2D eigenvalue weighted by Crippen LogP contribution is 2.50. The van der Waals surface area contributed by atoms with Crippen LogP contribution in [0.5, 0.6) is 11.5 Å². The highest BCUT2D eigenvalue weighted by molar-refractivity contribution is 7.67. The van der Waals surface area contributed by atoms with E-state index < -0.39 is 47.9 Å². The van der Waals surface area contributed by atoms with Gasteiger partial charge in [0.05, 0.1) is 20.9 Å². The number of nitrogens with zero attached hydrogens (tertiary/aromatic N) is 1. The smallest absolute Gasteiger partial charge is 0.416 e. The number of ether oxygens (including phenoxy) is 2. The molecule has 0 fully saturated rings. The zero-order chi connectivity index (χ0) is 26.6. The highest BCUT2D eigenvalue weighted by atomic mass is 35.5. The number of alkyl halides is 3. The summed E-state index contributed by atoms with van der Waals surface area (Å²) in [6.45, 7) is 5.82. The van der Waals surface area contributed by atoms with Crippen LogP contribution in [0.25, 0.3) is 0 Å². The van der Waals surface area contributed by atoms with E-state index in [0.717, 1.165) is 24.3 Å². The summed E-state index contributed by atoms with van der Waals surface area (Å²) in [5.74, 6) is -0.840. The van der Waals surface area contributed by atoms with Gasteiger partial charge in [-0.3, -0.25) is 24.0 Å². The molecule has 0 N–H and O–H groups in total. The van der Waals surface area contributed by atoms with Crippen LogP contribution in [0.1, 0.15) is 39.7 Å². The lowest BCUT2D eigenvalue weighted by atomic mass is 9.98. The van der Waals surface area contributed by atoms with Crippen molar-refractivity contribution in [3.05, 3.63) is 57.1 Å². The molecule has 8 nitrogen and oxygen atoms in total. The average Bonchev–Trinajstić information content (AvgIpc) is 2.73. The predicted molar refractivity (Wildman–Crippen MR) is 124 cm³/mol. The summed E-state index contributed by atoms with van der Waals surface area (Å²) >= 11 is 5.92. The summed E-state index contributed by atoms with van der Waals surface area (Å²) in [7, 11) is -3.93. The van der Waals surface area contributed by atoms with Gasteiger partial charge < -0.3 is 9.47 Å². The Kier molecular flexibility index (Phi) is 8.97. The molecule has 0 bridgehead atoms. The summed E-state index contributed by atoms with van der Waals surface area (Å²) in [6.07, 6.45) is -4.40. The van der Waals surface area contributed by atoms with E-state index in [2.05, 4.69) is 0 Å². The molecule has 192 valence electrons. The number of halogens is 4. The van der Waals surface area contributed by atoms with Crippen molar-refractivity contribution in [2.45, 2.75) is 40.3 Å². The van der Waals surface area contributed by atoms with E-state index in [1.54, 1.807) is 27.7 Å². The standard InChI is InChI=1S/C22H24ClF3NO7P/c1-5-10-35(31,33-13-32-20(28)21(2,3)4)19-12-15(7-8-17(19)27(29)30)34-18-9-6-14(11-16(18)23)22(24,25)26/h6-9,11-12H,5,10,13H2,1-4H3. The molecule has 0 heterocycles. The van der Waals surface area contributed by atoms with Gasteiger partial charge in [0.15, 0.2) is 6.79 Å². The fourth-order valence-electron chi connectivity index (χ4n) is 2.81. The van der Waals surface area contributed by atoms with Gasteiger partial charge in [-0.05, 0) is 51.5 Å². The first-order valence-electron chi connectivity index (χ1n) is 10.3. The topological polar surface area (TPSA) is 105 Å². The molecule has 13 heteroatoms. The van der Waals surface area contributed by atoms with Crippen LogP contribution < -0.4 is 10.0 Å². The van der Waals surface area contributed by atoms with Gasteiger partial charge in [0.25, 0.3) is 5.69 Å². The monoisotopic (exact) mass is 537 g/mol. The lowest BCUT2D eigenvalue weighted by molar-refractivity contribution is -0.383. The fraction of sp³-hybridized carbons (Fsp3) is 0.409. The third-order valence-electron chi connectivity index (χ3n) is 4.58. The highest BCUT2D eigenvalue weighted by Gasteiger charge is 2.35. The molecule has 1 unspecified atom stereocenters. The molecule has 2 aromatic carbocycles. The van der Waals surface area contributed by atoms with Crippen LogP contribution in [0.2, 0.25) is 5.02 Å². The molecule has 0 aliphatic heterocycles. The van der Waals surface area contributed by atoms with Gasteiger partial charge in [-0.1, -0.05) is 18.5 Å². The Hall–Kier alpha value is -2.62. The maximum Gasteiger partial charge on any atom is 0.416 e. The Bertz CT molecular complexity index is 1150. The maximum atomic E-state index is 13.7. The van der Waals surface area contributed by atoms with Crippen molar-refractivity contribution < 1.29 is 41.5 Å². The molecular weight excluding hydrogens is 514 g/mol. The van der Waals surface area contributed by atoms with Crippen molar-refractivity contribution in [3.8, 4) is 11.5 Å². The maximum absolute atomic E-state index is 13.7. The fourth-order valence-corrected chi connectivity index (χ4v) is 5.18. The van der Waals surface area contributed by atoms with E-state index in [-0.39, 0.29) is 28.0 Å². The molecule has 35 heavy (non-hydrogen) atoms. The summed E-state index contributed by atoms with van der Waals surface area (Å²) < 4.78 is 68.2. The van der Waals surface area contributed by atoms with Gasteiger partial charge in [-0.2, -0.15) is 13.2 Å². The third kappa shape index (κ3) is 7.43. The molecule has 0 aliphatic rings. The first-order valence-corrected chi connectivity index (χ1v) is 12.5. The Morgan fingerprint density at radius 3 is 2.31 bits per heavy atom. The number of benzene rings is 2. The first kappa shape index (κ1) is 28.6. The number of hydrogen-bond acceptors (Lipinski definition) is 7. The second kappa shape index (κ2) is 11.0. The zero-order valence-electron chi connectivity index (χ0n) is 19.3. The van der Waals surface area contributed by atoms with Gasteiger partial charge in [0, 0.05) is 18.3 Å². The normalized spacial score (nSPS) is 13.7. The Morgan fingerprint density at radius 2 is 1.80 bits per heavy atom. The number of carbonyl (C=O) groups is 1. The summed E-state index contributed by atoms with van der Waals surface area (Å²) in [6, 6.07) is 5.77. The van der Waals surface area contributed by atoms with Crippen LogP contribution in [-0.2, 0) is 24.8 Å². The first-order chi connectivity index (χ1) is 16.1. The van der Waals surface area contributed by atoms with Crippen molar-refractivity contribution in [1.82, 2.24) is 0 Å². The number of hydrogen-bond donors (Lipinski definition) is 0. The minimum absolute atomic E-state index is 0.0705. The molecule has 0 saturated heterocycles. The van der Waals surface area contributed by atoms with Crippen molar-refractivity contribution in [2.24, 2.45) is 5.41 Å². The number of carbonyl (C=O) groups excluding carboxylic acids is 1. The van der Waals surface area contributed by atoms with Crippen LogP contribution in [0.15, 0.2) is 36.4 Å². The Morgan fingerprint density at radius 1 is 1.14 bits per heavy atom. The number of nitro benzene ring substituents is 1. The van der Waals surface area contributed by atoms with Crippen molar-refractivity contribution >= 4 is 35.9 Å². The summed E-state index contributed by atoms with van der Waals surface area (Å²) in [4.78, 5) is 22.9. The SMILES string of the molecule is CCCP(=O)(OCOC(=O)C(C)(C)C)c1cc(Oc2ccc(C(F)(F)F)cc2Cl)ccc1[N+](=O)[O-]. The summed E-state index contributed by atoms with van der Waals surface area (Å²) in [5.41, 5.74) is -2.35. The van der Waals surface area contributed by atoms with E-state index in [0.29, 0.717) is 12.5 Å².